The Morgan fingerprint density at radius 1 is 1.56 bits per heavy atom. The first-order valence-corrected chi connectivity index (χ1v) is 6.48. The van der Waals surface area contributed by atoms with Crippen molar-refractivity contribution in [2.45, 2.75) is 4.90 Å². The van der Waals surface area contributed by atoms with E-state index in [2.05, 4.69) is 27.2 Å². The van der Waals surface area contributed by atoms with Crippen LogP contribution in [0, 0.1) is 5.82 Å². The number of rotatable bonds is 4. The number of nitrogen functional groups attached to an aromatic ring is 1. The van der Waals surface area contributed by atoms with E-state index < -0.39 is 15.8 Å². The molecule has 0 bridgehead atoms. The fraction of sp³-hybridized carbons (Fsp3) is 0.111. The van der Waals surface area contributed by atoms with Crippen LogP contribution >= 0.6 is 15.9 Å². The lowest BCUT2D eigenvalue weighted by Crippen LogP contribution is -2.24. The van der Waals surface area contributed by atoms with Gasteiger partial charge in [0.25, 0.3) is 0 Å². The number of nitrogens with one attached hydrogen (secondary N) is 1. The van der Waals surface area contributed by atoms with Crippen molar-refractivity contribution in [3.8, 4) is 0 Å². The maximum Gasteiger partial charge on any atom is 0.240 e. The molecule has 0 radical (unpaired) electrons. The molecule has 0 saturated heterocycles. The Kier molecular flexibility index (Phi) is 4.06. The van der Waals surface area contributed by atoms with Crippen LogP contribution in [-0.4, -0.2) is 15.0 Å². The first-order valence-electron chi connectivity index (χ1n) is 4.21. The van der Waals surface area contributed by atoms with Gasteiger partial charge in [-0.15, -0.1) is 0 Å². The summed E-state index contributed by atoms with van der Waals surface area (Å²) in [7, 11) is -3.68. The standard InChI is InChI=1S/C9H10BrFN2O2S/c1-6(10)5-13-16(14,15)7-2-3-8(11)9(12)4-7/h2-4,13H,1,5,12H2. The molecule has 0 fully saturated rings. The van der Waals surface area contributed by atoms with Crippen LogP contribution in [0.4, 0.5) is 10.1 Å². The number of benzene rings is 1. The molecule has 0 unspecified atom stereocenters. The SMILES string of the molecule is C=C(Br)CNS(=O)(=O)c1ccc(F)c(N)c1. The third-order valence-corrected chi connectivity index (χ3v) is 3.41. The molecule has 7 heteroatoms. The highest BCUT2D eigenvalue weighted by Crippen LogP contribution is 2.16. The quantitative estimate of drug-likeness (QED) is 0.830. The highest BCUT2D eigenvalue weighted by Gasteiger charge is 2.14. The Bertz CT molecular complexity index is 516. The van der Waals surface area contributed by atoms with Crippen molar-refractivity contribution in [1.82, 2.24) is 4.72 Å². The highest BCUT2D eigenvalue weighted by molar-refractivity contribution is 9.11. The van der Waals surface area contributed by atoms with Crippen molar-refractivity contribution in [2.75, 3.05) is 12.3 Å². The summed E-state index contributed by atoms with van der Waals surface area (Å²) in [5.41, 5.74) is 5.07. The van der Waals surface area contributed by atoms with E-state index in [1.807, 2.05) is 0 Å². The average Bonchev–Trinajstić information content (AvgIpc) is 2.19. The van der Waals surface area contributed by atoms with Crippen LogP contribution in [0.1, 0.15) is 0 Å². The van der Waals surface area contributed by atoms with Gasteiger partial charge >= 0.3 is 0 Å². The van der Waals surface area contributed by atoms with Gasteiger partial charge in [-0.05, 0) is 18.2 Å². The minimum atomic E-state index is -3.68. The molecule has 16 heavy (non-hydrogen) atoms. The van der Waals surface area contributed by atoms with Gasteiger partial charge in [0.2, 0.25) is 10.0 Å². The fourth-order valence-corrected chi connectivity index (χ4v) is 2.33. The second-order valence-corrected chi connectivity index (χ2v) is 5.91. The van der Waals surface area contributed by atoms with Gasteiger partial charge in [0.05, 0.1) is 10.6 Å². The zero-order valence-corrected chi connectivity index (χ0v) is 10.6. The van der Waals surface area contributed by atoms with Crippen LogP contribution in [-0.2, 0) is 10.0 Å². The van der Waals surface area contributed by atoms with E-state index in [0.29, 0.717) is 4.48 Å². The van der Waals surface area contributed by atoms with Gasteiger partial charge in [-0.1, -0.05) is 22.5 Å². The summed E-state index contributed by atoms with van der Waals surface area (Å²) < 4.78 is 38.9. The van der Waals surface area contributed by atoms with Gasteiger partial charge in [-0.3, -0.25) is 0 Å². The molecule has 0 spiro atoms. The molecular formula is C9H10BrFN2O2S. The molecule has 0 aliphatic heterocycles. The van der Waals surface area contributed by atoms with Crippen molar-refractivity contribution >= 4 is 31.6 Å². The number of hydrogen-bond donors (Lipinski definition) is 2. The number of halogens is 2. The lowest BCUT2D eigenvalue weighted by Gasteiger charge is -2.06. The summed E-state index contributed by atoms with van der Waals surface area (Å²) >= 11 is 3.02. The molecule has 1 aromatic carbocycles. The van der Waals surface area contributed by atoms with Crippen LogP contribution < -0.4 is 10.5 Å². The Balaban J connectivity index is 2.99. The van der Waals surface area contributed by atoms with E-state index in [1.54, 1.807) is 0 Å². The van der Waals surface area contributed by atoms with Gasteiger partial charge in [-0.25, -0.2) is 17.5 Å². The van der Waals surface area contributed by atoms with Gasteiger partial charge in [-0.2, -0.15) is 0 Å². The van der Waals surface area contributed by atoms with Gasteiger partial charge in [0.1, 0.15) is 5.82 Å². The molecule has 0 amide bonds. The van der Waals surface area contributed by atoms with Crippen molar-refractivity contribution in [2.24, 2.45) is 0 Å². The maximum absolute atomic E-state index is 12.8. The molecule has 0 atom stereocenters. The van der Waals surface area contributed by atoms with Gasteiger partial charge < -0.3 is 5.73 Å². The number of sulfonamides is 1. The molecular weight excluding hydrogens is 299 g/mol. The smallest absolute Gasteiger partial charge is 0.240 e. The summed E-state index contributed by atoms with van der Waals surface area (Å²) in [6.07, 6.45) is 0. The first-order chi connectivity index (χ1) is 7.33. The third kappa shape index (κ3) is 3.29. The minimum absolute atomic E-state index is 0.0552. The summed E-state index contributed by atoms with van der Waals surface area (Å²) in [5, 5.41) is 0. The molecule has 0 saturated carbocycles. The van der Waals surface area contributed by atoms with Gasteiger partial charge in [0, 0.05) is 11.0 Å². The van der Waals surface area contributed by atoms with E-state index in [4.69, 9.17) is 5.73 Å². The predicted octanol–water partition coefficient (Wildman–Crippen LogP) is 1.59. The average molecular weight is 309 g/mol. The predicted molar refractivity (Wildman–Crippen MR) is 64.1 cm³/mol. The molecule has 88 valence electrons. The molecule has 0 aliphatic rings. The highest BCUT2D eigenvalue weighted by atomic mass is 79.9. The second kappa shape index (κ2) is 4.94. The van der Waals surface area contributed by atoms with Crippen molar-refractivity contribution in [3.05, 3.63) is 35.1 Å². The van der Waals surface area contributed by atoms with Crippen LogP contribution in [0.25, 0.3) is 0 Å². The number of hydrogen-bond acceptors (Lipinski definition) is 3. The molecule has 0 aromatic heterocycles. The topological polar surface area (TPSA) is 72.2 Å². The Morgan fingerprint density at radius 3 is 2.69 bits per heavy atom. The summed E-state index contributed by atoms with van der Waals surface area (Å²) in [6.45, 7) is 3.54. The maximum atomic E-state index is 12.8. The Hall–Kier alpha value is -0.920. The lowest BCUT2D eigenvalue weighted by molar-refractivity contribution is 0.584. The molecule has 1 rings (SSSR count). The summed E-state index contributed by atoms with van der Waals surface area (Å²) in [4.78, 5) is -0.0832. The van der Waals surface area contributed by atoms with Crippen molar-refractivity contribution in [3.63, 3.8) is 0 Å². The molecule has 0 heterocycles. The summed E-state index contributed by atoms with van der Waals surface area (Å²) in [6, 6.07) is 3.21. The lowest BCUT2D eigenvalue weighted by atomic mass is 10.3. The van der Waals surface area contributed by atoms with E-state index in [1.165, 1.54) is 0 Å². The molecule has 3 N–H and O–H groups in total. The van der Waals surface area contributed by atoms with E-state index >= 15 is 0 Å². The molecule has 1 aromatic rings. The van der Waals surface area contributed by atoms with Crippen LogP contribution in [0.5, 0.6) is 0 Å². The molecule has 4 nitrogen and oxygen atoms in total. The zero-order chi connectivity index (χ0) is 12.3. The van der Waals surface area contributed by atoms with Crippen molar-refractivity contribution < 1.29 is 12.8 Å². The normalized spacial score (nSPS) is 11.4. The van der Waals surface area contributed by atoms with E-state index in [-0.39, 0.29) is 17.1 Å². The minimum Gasteiger partial charge on any atom is -0.396 e. The van der Waals surface area contributed by atoms with E-state index in [0.717, 1.165) is 18.2 Å². The van der Waals surface area contributed by atoms with Crippen LogP contribution in [0.2, 0.25) is 0 Å². The van der Waals surface area contributed by atoms with Gasteiger partial charge in [0.15, 0.2) is 0 Å². The van der Waals surface area contributed by atoms with Crippen molar-refractivity contribution in [1.29, 1.82) is 0 Å². The second-order valence-electron chi connectivity index (χ2n) is 3.03. The van der Waals surface area contributed by atoms with Crippen LogP contribution in [0.3, 0.4) is 0 Å². The monoisotopic (exact) mass is 308 g/mol. The van der Waals surface area contributed by atoms with Crippen LogP contribution in [0.15, 0.2) is 34.2 Å². The number of nitrogens with two attached hydrogens (primary N) is 1. The van der Waals surface area contributed by atoms with E-state index in [9.17, 15) is 12.8 Å². The first kappa shape index (κ1) is 13.1. The summed E-state index contributed by atoms with van der Waals surface area (Å²) in [5.74, 6) is -0.649. The zero-order valence-electron chi connectivity index (χ0n) is 8.20. The fourth-order valence-electron chi connectivity index (χ4n) is 0.946. The third-order valence-electron chi connectivity index (χ3n) is 1.73. The Labute approximate surface area is 102 Å². The molecule has 0 aliphatic carbocycles. The number of anilines is 1. The Morgan fingerprint density at radius 2 is 2.19 bits per heavy atom. The largest absolute Gasteiger partial charge is 0.396 e.